The van der Waals surface area contributed by atoms with Crippen LogP contribution < -0.4 is 0 Å². The number of carbonyl (C=O) groups is 2. The lowest BCUT2D eigenvalue weighted by atomic mass is 9.41. The normalized spacial score (nSPS) is 24.3. The van der Waals surface area contributed by atoms with Crippen molar-refractivity contribution in [1.29, 1.82) is 0 Å². The predicted octanol–water partition coefficient (Wildman–Crippen LogP) is 5.46. The fourth-order valence-electron chi connectivity index (χ4n) is 8.83. The molecular formula is C42H56O10. The number of aliphatic hydroxyl groups excluding tert-OH is 2. The lowest BCUT2D eigenvalue weighted by Crippen LogP contribution is -2.56. The molecule has 0 heterocycles. The van der Waals surface area contributed by atoms with Crippen LogP contribution in [0.25, 0.3) is 0 Å². The standard InChI is InChI=1S/C42H56O10/c1-28(2)40(45)51-15-13-47-24-36(43)26-49-22-32-9-5-7-11-38(32)42(34-18-30-17-31(20-34)21-35(42)19-30)39-12-8-6-10-33(39)23-50-27-37(44)25-48-14-16-52-41(46)29(3)4/h5-12,30-31,34-37,43-44H,1,3,13-27H2,2,4H3. The van der Waals surface area contributed by atoms with E-state index in [0.717, 1.165) is 23.0 Å². The second kappa shape index (κ2) is 19.1. The van der Waals surface area contributed by atoms with Gasteiger partial charge in [-0.25, -0.2) is 9.59 Å². The number of hydrogen-bond donors (Lipinski definition) is 2. The Bertz CT molecular complexity index is 1400. The molecule has 2 atom stereocenters. The smallest absolute Gasteiger partial charge is 0.333 e. The summed E-state index contributed by atoms with van der Waals surface area (Å²) in [5.74, 6) is 1.58. The Morgan fingerprint density at radius 3 is 1.42 bits per heavy atom. The molecule has 0 aliphatic heterocycles. The molecular weight excluding hydrogens is 664 g/mol. The Balaban J connectivity index is 1.24. The minimum atomic E-state index is -0.822. The molecule has 4 bridgehead atoms. The van der Waals surface area contributed by atoms with E-state index in [0.29, 0.717) is 36.2 Å². The summed E-state index contributed by atoms with van der Waals surface area (Å²) >= 11 is 0. The Kier molecular flexibility index (Phi) is 14.6. The second-order valence-electron chi connectivity index (χ2n) is 14.8. The van der Waals surface area contributed by atoms with Crippen molar-refractivity contribution in [3.8, 4) is 0 Å². The lowest BCUT2D eigenvalue weighted by Gasteiger charge is -2.62. The van der Waals surface area contributed by atoms with Crippen LogP contribution in [-0.2, 0) is 56.6 Å². The third-order valence-corrected chi connectivity index (χ3v) is 10.7. The highest BCUT2D eigenvalue weighted by atomic mass is 16.6. The van der Waals surface area contributed by atoms with Gasteiger partial charge in [-0.3, -0.25) is 0 Å². The summed E-state index contributed by atoms with van der Waals surface area (Å²) < 4.78 is 33.4. The largest absolute Gasteiger partial charge is 0.460 e. The summed E-state index contributed by atoms with van der Waals surface area (Å²) in [6.45, 7) is 11.9. The van der Waals surface area contributed by atoms with Crippen molar-refractivity contribution < 1.29 is 48.2 Å². The van der Waals surface area contributed by atoms with Crippen molar-refractivity contribution in [2.24, 2.45) is 23.7 Å². The van der Waals surface area contributed by atoms with Gasteiger partial charge in [0.05, 0.1) is 52.9 Å². The summed E-state index contributed by atoms with van der Waals surface area (Å²) in [5, 5.41) is 21.1. The van der Waals surface area contributed by atoms with Crippen LogP contribution in [0.15, 0.2) is 72.8 Å². The van der Waals surface area contributed by atoms with Crippen LogP contribution in [-0.4, -0.2) is 87.2 Å². The van der Waals surface area contributed by atoms with E-state index < -0.39 is 24.1 Å². The van der Waals surface area contributed by atoms with Gasteiger partial charge in [0.15, 0.2) is 0 Å². The summed E-state index contributed by atoms with van der Waals surface area (Å²) in [7, 11) is 0. The van der Waals surface area contributed by atoms with Crippen LogP contribution in [0.3, 0.4) is 0 Å². The van der Waals surface area contributed by atoms with Gasteiger partial charge < -0.3 is 38.6 Å². The molecule has 2 aromatic carbocycles. The van der Waals surface area contributed by atoms with Gasteiger partial charge in [-0.05, 0) is 91.9 Å². The molecule has 4 saturated carbocycles. The second-order valence-corrected chi connectivity index (χ2v) is 14.8. The van der Waals surface area contributed by atoms with Gasteiger partial charge in [0, 0.05) is 16.6 Å². The Labute approximate surface area is 308 Å². The summed E-state index contributed by atoms with van der Waals surface area (Å²) in [4.78, 5) is 23.1. The number of ether oxygens (including phenoxy) is 6. The molecule has 0 radical (unpaired) electrons. The number of aliphatic hydroxyl groups is 2. The summed E-state index contributed by atoms with van der Waals surface area (Å²) in [6, 6.07) is 17.2. The highest BCUT2D eigenvalue weighted by molar-refractivity contribution is 5.87. The quantitative estimate of drug-likeness (QED) is 0.0920. The molecule has 0 spiro atoms. The average Bonchev–Trinajstić information content (AvgIpc) is 3.12. The van der Waals surface area contributed by atoms with E-state index in [9.17, 15) is 19.8 Å². The molecule has 52 heavy (non-hydrogen) atoms. The molecule has 6 rings (SSSR count). The molecule has 10 nitrogen and oxygen atoms in total. The number of esters is 2. The molecule has 4 aliphatic rings. The van der Waals surface area contributed by atoms with Crippen LogP contribution in [0.1, 0.15) is 68.2 Å². The molecule has 0 amide bonds. The van der Waals surface area contributed by atoms with Crippen LogP contribution >= 0.6 is 0 Å². The molecule has 2 N–H and O–H groups in total. The number of benzene rings is 2. The maximum Gasteiger partial charge on any atom is 0.333 e. The zero-order valence-electron chi connectivity index (χ0n) is 30.8. The maximum atomic E-state index is 11.5. The predicted molar refractivity (Wildman–Crippen MR) is 195 cm³/mol. The molecule has 2 aromatic rings. The summed E-state index contributed by atoms with van der Waals surface area (Å²) in [6.07, 6.45) is 4.50. The Morgan fingerprint density at radius 2 is 1.02 bits per heavy atom. The SMILES string of the molecule is C=C(C)C(=O)OCCOCC(O)COCc1ccccc1C1(c2ccccc2COCC(O)COCCOC(=O)C(=C)C)C2CC3CC(C2)CC1C3. The van der Waals surface area contributed by atoms with E-state index in [-0.39, 0.29) is 58.3 Å². The van der Waals surface area contributed by atoms with Crippen LogP contribution in [0.5, 0.6) is 0 Å². The summed E-state index contributed by atoms with van der Waals surface area (Å²) in [5.41, 5.74) is 5.27. The molecule has 4 aliphatic carbocycles. The van der Waals surface area contributed by atoms with Gasteiger partial charge >= 0.3 is 11.9 Å². The van der Waals surface area contributed by atoms with Crippen molar-refractivity contribution in [3.63, 3.8) is 0 Å². The molecule has 0 saturated heterocycles. The zero-order valence-corrected chi connectivity index (χ0v) is 30.8. The van der Waals surface area contributed by atoms with Gasteiger partial charge in [0.25, 0.3) is 0 Å². The van der Waals surface area contributed by atoms with E-state index in [2.05, 4.69) is 61.7 Å². The highest BCUT2D eigenvalue weighted by Gasteiger charge is 2.59. The Morgan fingerprint density at radius 1 is 0.635 bits per heavy atom. The molecule has 10 heteroatoms. The van der Waals surface area contributed by atoms with Gasteiger partial charge in [-0.2, -0.15) is 0 Å². The first-order valence-corrected chi connectivity index (χ1v) is 18.6. The van der Waals surface area contributed by atoms with Crippen molar-refractivity contribution in [1.82, 2.24) is 0 Å². The van der Waals surface area contributed by atoms with E-state index >= 15 is 0 Å². The number of rotatable bonds is 22. The molecule has 4 fully saturated rings. The Hall–Kier alpha value is -3.38. The first-order chi connectivity index (χ1) is 25.1. The monoisotopic (exact) mass is 720 g/mol. The van der Waals surface area contributed by atoms with Gasteiger partial charge in [0.1, 0.15) is 25.4 Å². The highest BCUT2D eigenvalue weighted by Crippen LogP contribution is 2.66. The van der Waals surface area contributed by atoms with Gasteiger partial charge in [0.2, 0.25) is 0 Å². The topological polar surface area (TPSA) is 130 Å². The van der Waals surface area contributed by atoms with Gasteiger partial charge in [-0.1, -0.05) is 61.7 Å². The van der Waals surface area contributed by atoms with Crippen molar-refractivity contribution >= 4 is 11.9 Å². The molecule has 2 unspecified atom stereocenters. The van der Waals surface area contributed by atoms with E-state index in [1.165, 1.54) is 43.2 Å². The van der Waals surface area contributed by atoms with Gasteiger partial charge in [-0.15, -0.1) is 0 Å². The molecule has 284 valence electrons. The van der Waals surface area contributed by atoms with Crippen LogP contribution in [0, 0.1) is 23.7 Å². The van der Waals surface area contributed by atoms with E-state index in [1.54, 1.807) is 13.8 Å². The van der Waals surface area contributed by atoms with Crippen LogP contribution in [0.4, 0.5) is 0 Å². The van der Waals surface area contributed by atoms with Crippen molar-refractivity contribution in [3.05, 3.63) is 95.1 Å². The van der Waals surface area contributed by atoms with E-state index in [4.69, 9.17) is 28.4 Å². The molecule has 0 aromatic heterocycles. The minimum Gasteiger partial charge on any atom is -0.460 e. The van der Waals surface area contributed by atoms with Crippen molar-refractivity contribution in [2.45, 2.75) is 76.8 Å². The number of carbonyl (C=O) groups excluding carboxylic acids is 2. The fourth-order valence-corrected chi connectivity index (χ4v) is 8.83. The fraction of sp³-hybridized carbons (Fsp3) is 0.571. The third kappa shape index (κ3) is 9.98. The maximum absolute atomic E-state index is 11.5. The minimum absolute atomic E-state index is 0.0716. The first-order valence-electron chi connectivity index (χ1n) is 18.6. The average molecular weight is 721 g/mol. The van der Waals surface area contributed by atoms with Crippen LogP contribution in [0.2, 0.25) is 0 Å². The third-order valence-electron chi connectivity index (χ3n) is 10.7. The lowest BCUT2D eigenvalue weighted by molar-refractivity contribution is -0.141. The number of hydrogen-bond acceptors (Lipinski definition) is 10. The van der Waals surface area contributed by atoms with Crippen molar-refractivity contribution in [2.75, 3.05) is 52.9 Å². The first kappa shape index (κ1) is 39.8. The van der Waals surface area contributed by atoms with E-state index in [1.807, 2.05) is 0 Å². The zero-order chi connectivity index (χ0) is 37.1.